The molecule has 0 saturated carbocycles. The van der Waals surface area contributed by atoms with Crippen LogP contribution in [-0.2, 0) is 16.1 Å². The maximum Gasteiger partial charge on any atom is 0.573 e. The summed E-state index contributed by atoms with van der Waals surface area (Å²) in [5.41, 5.74) is 3.03. The number of ether oxygens (including phenoxy) is 2. The fourth-order valence-corrected chi connectivity index (χ4v) is 4.73. The van der Waals surface area contributed by atoms with Gasteiger partial charge in [0.05, 0.1) is 11.7 Å². The number of nitrogens with zero attached hydrogens (tertiary/aromatic N) is 2. The Balaban J connectivity index is 1.72. The van der Waals surface area contributed by atoms with Crippen LogP contribution in [0.5, 0.6) is 5.75 Å². The Labute approximate surface area is 241 Å². The third kappa shape index (κ3) is 7.85. The number of alkyl halides is 6. The Morgan fingerprint density at radius 1 is 1.02 bits per heavy atom. The van der Waals surface area contributed by atoms with Gasteiger partial charge in [-0.1, -0.05) is 36.4 Å². The van der Waals surface area contributed by atoms with Gasteiger partial charge in [-0.15, -0.1) is 13.2 Å². The largest absolute Gasteiger partial charge is 0.573 e. The van der Waals surface area contributed by atoms with Crippen LogP contribution < -0.4 is 15.4 Å². The lowest BCUT2D eigenvalue weighted by Gasteiger charge is -2.29. The number of carbonyl (C=O) groups is 3. The van der Waals surface area contributed by atoms with Crippen molar-refractivity contribution in [2.45, 2.75) is 31.5 Å². The van der Waals surface area contributed by atoms with Crippen molar-refractivity contribution in [2.24, 2.45) is 0 Å². The second-order valence-corrected chi connectivity index (χ2v) is 9.93. The Bertz CT molecular complexity index is 1500. The molecule has 3 aromatic rings. The molecule has 1 aliphatic rings. The van der Waals surface area contributed by atoms with E-state index in [1.807, 2.05) is 43.3 Å². The van der Waals surface area contributed by atoms with Crippen LogP contribution in [-0.4, -0.2) is 67.2 Å². The minimum atomic E-state index is -5.35. The Morgan fingerprint density at radius 2 is 1.72 bits per heavy atom. The lowest BCUT2D eigenvalue weighted by molar-refractivity contribution is -0.274. The number of benzene rings is 2. The first kappa shape index (κ1) is 31.4. The zero-order chi connectivity index (χ0) is 31.5. The van der Waals surface area contributed by atoms with Crippen LogP contribution in [0.4, 0.5) is 31.1 Å². The number of fused-ring (bicyclic) bond motifs is 1. The van der Waals surface area contributed by atoms with Crippen LogP contribution in [0.2, 0.25) is 0 Å². The van der Waals surface area contributed by atoms with Crippen molar-refractivity contribution < 1.29 is 50.2 Å². The summed E-state index contributed by atoms with van der Waals surface area (Å²) in [6.45, 7) is 0.481. The van der Waals surface area contributed by atoms with E-state index >= 15 is 0 Å². The van der Waals surface area contributed by atoms with Crippen LogP contribution in [0.1, 0.15) is 28.5 Å². The molecule has 15 heteroatoms. The molecule has 1 atom stereocenters. The summed E-state index contributed by atoms with van der Waals surface area (Å²) in [4.78, 5) is 37.6. The van der Waals surface area contributed by atoms with Crippen molar-refractivity contribution in [3.05, 3.63) is 65.9 Å². The van der Waals surface area contributed by atoms with Gasteiger partial charge in [0.25, 0.3) is 5.91 Å². The van der Waals surface area contributed by atoms with Gasteiger partial charge >= 0.3 is 24.6 Å². The monoisotopic (exact) mass is 612 g/mol. The molecule has 1 aliphatic heterocycles. The smallest absolute Gasteiger partial charge is 0.406 e. The predicted molar refractivity (Wildman–Crippen MR) is 141 cm³/mol. The molecule has 0 spiro atoms. The number of carbonyl (C=O) groups excluding carboxylic acids is 3. The van der Waals surface area contributed by atoms with E-state index in [1.165, 1.54) is 18.2 Å². The Hall–Kier alpha value is -4.53. The van der Waals surface area contributed by atoms with Gasteiger partial charge in [0.15, 0.2) is 0 Å². The third-order valence-corrected chi connectivity index (χ3v) is 6.40. The van der Waals surface area contributed by atoms with E-state index in [4.69, 9.17) is 0 Å². The van der Waals surface area contributed by atoms with Gasteiger partial charge in [0.1, 0.15) is 11.4 Å². The van der Waals surface area contributed by atoms with Crippen LogP contribution in [0.3, 0.4) is 0 Å². The zero-order valence-corrected chi connectivity index (χ0v) is 22.8. The molecule has 0 radical (unpaired) electrons. The van der Waals surface area contributed by atoms with Gasteiger partial charge in [-0.3, -0.25) is 4.79 Å². The van der Waals surface area contributed by atoms with Crippen LogP contribution in [0.15, 0.2) is 54.6 Å². The summed E-state index contributed by atoms with van der Waals surface area (Å²) < 4.78 is 85.6. The molecule has 0 fully saturated rings. The van der Waals surface area contributed by atoms with Crippen molar-refractivity contribution >= 4 is 18.0 Å². The molecular weight excluding hydrogens is 586 g/mol. The van der Waals surface area contributed by atoms with E-state index in [2.05, 4.69) is 20.1 Å². The number of hydrogen-bond acceptors (Lipinski definition) is 6. The van der Waals surface area contributed by atoms with E-state index in [1.54, 1.807) is 10.6 Å². The van der Waals surface area contributed by atoms with Crippen molar-refractivity contribution in [2.75, 3.05) is 27.2 Å². The van der Waals surface area contributed by atoms with Crippen molar-refractivity contribution in [1.29, 1.82) is 0 Å². The molecule has 2 N–H and O–H groups in total. The SMILES string of the molecule is CN(C)Cc1ccc(-c2c(-c3cccc(OC(F)(F)F)c3)cc3n2[C@@H](CCNC(=O)OC(=O)C(F)(F)F)CNC3=O)cc1. The fraction of sp³-hybridized carbons (Fsp3) is 0.321. The maximum absolute atomic E-state index is 12.9. The summed E-state index contributed by atoms with van der Waals surface area (Å²) in [5.74, 6) is -3.58. The summed E-state index contributed by atoms with van der Waals surface area (Å²) in [7, 11) is 3.80. The predicted octanol–water partition coefficient (Wildman–Crippen LogP) is 5.27. The van der Waals surface area contributed by atoms with Gasteiger partial charge in [-0.05, 0) is 55.4 Å². The molecule has 4 rings (SSSR count). The fourth-order valence-electron chi connectivity index (χ4n) is 4.73. The zero-order valence-electron chi connectivity index (χ0n) is 22.8. The summed E-state index contributed by atoms with van der Waals surface area (Å²) >= 11 is 0. The average Bonchev–Trinajstić information content (AvgIpc) is 3.30. The summed E-state index contributed by atoms with van der Waals surface area (Å²) in [6.07, 6.45) is -11.8. The number of aromatic nitrogens is 1. The lowest BCUT2D eigenvalue weighted by Crippen LogP contribution is -2.41. The quantitative estimate of drug-likeness (QED) is 0.204. The first-order valence-electron chi connectivity index (χ1n) is 12.8. The van der Waals surface area contributed by atoms with Gasteiger partial charge in [0, 0.05) is 25.2 Å². The highest BCUT2D eigenvalue weighted by atomic mass is 19.4. The topological polar surface area (TPSA) is 102 Å². The lowest BCUT2D eigenvalue weighted by atomic mass is 9.99. The highest BCUT2D eigenvalue weighted by molar-refractivity contribution is 5.98. The van der Waals surface area contributed by atoms with E-state index < -0.39 is 42.3 Å². The van der Waals surface area contributed by atoms with E-state index in [9.17, 15) is 40.7 Å². The summed E-state index contributed by atoms with van der Waals surface area (Å²) in [5, 5.41) is 4.80. The standard InChI is InChI=1S/C28H26F6N4O5/c1-37(2)15-16-6-8-17(9-7-16)23-21(18-4-3-5-20(12-18)43-28(32,33)34)13-22-24(39)36-14-19(38(22)23)10-11-35-26(41)42-25(40)27(29,30)31/h3-9,12-13,19H,10-11,14-15H2,1-2H3,(H,35,41)(H,36,39)/t19-/m0/s1. The molecule has 43 heavy (non-hydrogen) atoms. The highest BCUT2D eigenvalue weighted by Crippen LogP contribution is 2.40. The number of alkyl carbamates (subject to hydrolysis) is 1. The van der Waals surface area contributed by atoms with Gasteiger partial charge in [0.2, 0.25) is 0 Å². The first-order valence-corrected chi connectivity index (χ1v) is 12.8. The van der Waals surface area contributed by atoms with Crippen LogP contribution >= 0.6 is 0 Å². The molecule has 9 nitrogen and oxygen atoms in total. The van der Waals surface area contributed by atoms with Crippen LogP contribution in [0, 0.1) is 0 Å². The Kier molecular flexibility index (Phi) is 9.04. The van der Waals surface area contributed by atoms with Crippen molar-refractivity contribution in [3.8, 4) is 28.1 Å². The van der Waals surface area contributed by atoms with E-state index in [0.717, 1.165) is 11.6 Å². The molecule has 2 heterocycles. The Morgan fingerprint density at radius 3 is 2.35 bits per heavy atom. The van der Waals surface area contributed by atoms with E-state index in [-0.39, 0.29) is 25.2 Å². The van der Waals surface area contributed by atoms with Crippen molar-refractivity contribution in [1.82, 2.24) is 20.1 Å². The molecule has 0 saturated heterocycles. The number of amides is 2. The molecular formula is C28H26F6N4O5. The second kappa shape index (κ2) is 12.4. The van der Waals surface area contributed by atoms with Gasteiger partial charge in [-0.25, -0.2) is 9.59 Å². The van der Waals surface area contributed by atoms with Crippen LogP contribution in [0.25, 0.3) is 22.4 Å². The number of hydrogen-bond donors (Lipinski definition) is 2. The maximum atomic E-state index is 12.9. The first-order chi connectivity index (χ1) is 20.1. The molecule has 2 aromatic carbocycles. The molecule has 2 amide bonds. The van der Waals surface area contributed by atoms with Crippen molar-refractivity contribution in [3.63, 3.8) is 0 Å². The summed E-state index contributed by atoms with van der Waals surface area (Å²) in [6, 6.07) is 13.6. The minimum Gasteiger partial charge on any atom is -0.406 e. The normalized spacial score (nSPS) is 15.1. The minimum absolute atomic E-state index is 0.0705. The third-order valence-electron chi connectivity index (χ3n) is 6.40. The number of nitrogens with one attached hydrogen (secondary N) is 2. The average molecular weight is 613 g/mol. The van der Waals surface area contributed by atoms with E-state index in [0.29, 0.717) is 28.9 Å². The molecule has 0 unspecified atom stereocenters. The van der Waals surface area contributed by atoms with Gasteiger partial charge < -0.3 is 29.6 Å². The molecule has 0 aliphatic carbocycles. The highest BCUT2D eigenvalue weighted by Gasteiger charge is 2.42. The number of esters is 1. The van der Waals surface area contributed by atoms with Gasteiger partial charge in [-0.2, -0.15) is 13.2 Å². The molecule has 0 bridgehead atoms. The number of halogens is 6. The number of rotatable bonds is 8. The molecule has 230 valence electrons. The molecule has 1 aromatic heterocycles. The second-order valence-electron chi connectivity index (χ2n) is 9.93.